The summed E-state index contributed by atoms with van der Waals surface area (Å²) in [4.78, 5) is 0. The Bertz CT molecular complexity index is 385. The molecule has 94 valence electrons. The second-order valence-corrected chi connectivity index (χ2v) is 4.73. The third kappa shape index (κ3) is 3.46. The highest BCUT2D eigenvalue weighted by atomic mass is 14.2. The summed E-state index contributed by atoms with van der Waals surface area (Å²) in [6, 6.07) is 6.82. The number of hydrogen-bond acceptors (Lipinski definition) is 0. The van der Waals surface area contributed by atoms with Gasteiger partial charge in [-0.25, -0.2) is 0 Å². The minimum absolute atomic E-state index is 0.749. The van der Waals surface area contributed by atoms with Crippen LogP contribution in [0.3, 0.4) is 0 Å². The first kappa shape index (κ1) is 14.0. The predicted octanol–water partition coefficient (Wildman–Crippen LogP) is 5.40. The summed E-state index contributed by atoms with van der Waals surface area (Å²) in [5.41, 5.74) is 5.99. The van der Waals surface area contributed by atoms with Crippen LogP contribution < -0.4 is 0 Å². The van der Waals surface area contributed by atoms with E-state index < -0.39 is 0 Å². The van der Waals surface area contributed by atoms with Crippen LogP contribution >= 0.6 is 0 Å². The van der Waals surface area contributed by atoms with Crippen LogP contribution in [0.4, 0.5) is 0 Å². The molecule has 0 nitrogen and oxygen atoms in total. The molecule has 1 aromatic carbocycles. The van der Waals surface area contributed by atoms with Gasteiger partial charge in [-0.3, -0.25) is 0 Å². The van der Waals surface area contributed by atoms with Gasteiger partial charge < -0.3 is 0 Å². The molecular formula is C17H26. The molecule has 17 heavy (non-hydrogen) atoms. The van der Waals surface area contributed by atoms with Gasteiger partial charge in [0.15, 0.2) is 0 Å². The van der Waals surface area contributed by atoms with Crippen molar-refractivity contribution >= 4 is 6.08 Å². The molecule has 0 amide bonds. The van der Waals surface area contributed by atoms with Gasteiger partial charge in [0.2, 0.25) is 0 Å². The number of aryl methyl sites for hydroxylation is 2. The summed E-state index contributed by atoms with van der Waals surface area (Å²) in [7, 11) is 0. The number of rotatable bonds is 2. The van der Waals surface area contributed by atoms with Crippen LogP contribution in [0.1, 0.15) is 57.2 Å². The molecule has 2 rings (SSSR count). The molecule has 0 spiro atoms. The average Bonchev–Trinajstić information content (AvgIpc) is 2.39. The van der Waals surface area contributed by atoms with Crippen molar-refractivity contribution in [2.45, 2.75) is 53.9 Å². The highest BCUT2D eigenvalue weighted by Crippen LogP contribution is 2.29. The van der Waals surface area contributed by atoms with Crippen molar-refractivity contribution in [2.24, 2.45) is 5.92 Å². The molecule has 0 bridgehead atoms. The lowest BCUT2D eigenvalue weighted by Crippen LogP contribution is -2.05. The second-order valence-electron chi connectivity index (χ2n) is 4.73. The minimum Gasteiger partial charge on any atom is -0.0683 e. The Balaban J connectivity index is 0.000000686. The van der Waals surface area contributed by atoms with Crippen molar-refractivity contribution in [1.82, 2.24) is 0 Å². The van der Waals surface area contributed by atoms with Crippen LogP contribution in [0, 0.1) is 12.8 Å². The van der Waals surface area contributed by atoms with Crippen molar-refractivity contribution in [3.05, 3.63) is 40.5 Å². The molecule has 0 heteroatoms. The lowest BCUT2D eigenvalue weighted by atomic mass is 9.85. The van der Waals surface area contributed by atoms with Crippen LogP contribution in [0.15, 0.2) is 23.8 Å². The number of allylic oxidation sites excluding steroid dienone is 1. The van der Waals surface area contributed by atoms with E-state index in [1.54, 1.807) is 5.57 Å². The Morgan fingerprint density at radius 3 is 2.53 bits per heavy atom. The molecule has 0 N–H and O–H groups in total. The van der Waals surface area contributed by atoms with E-state index in [0.29, 0.717) is 0 Å². The van der Waals surface area contributed by atoms with E-state index in [0.717, 1.165) is 5.92 Å². The largest absolute Gasteiger partial charge is 0.0683 e. The molecule has 1 aliphatic carbocycles. The quantitative estimate of drug-likeness (QED) is 0.638. The molecule has 0 saturated heterocycles. The molecule has 1 aliphatic rings. The monoisotopic (exact) mass is 230 g/mol. The maximum absolute atomic E-state index is 2.41. The van der Waals surface area contributed by atoms with Gasteiger partial charge in [-0.2, -0.15) is 0 Å². The molecule has 1 unspecified atom stereocenters. The summed E-state index contributed by atoms with van der Waals surface area (Å²) in [6.07, 6.45) is 6.15. The summed E-state index contributed by atoms with van der Waals surface area (Å²) < 4.78 is 0. The second kappa shape index (κ2) is 6.64. The maximum Gasteiger partial charge on any atom is -0.0225 e. The molecule has 0 saturated carbocycles. The Labute approximate surface area is 107 Å². The number of hydrogen-bond donors (Lipinski definition) is 0. The third-order valence-corrected chi connectivity index (χ3v) is 3.57. The normalized spacial score (nSPS) is 15.2. The molecule has 0 aromatic heterocycles. The van der Waals surface area contributed by atoms with Crippen LogP contribution in [-0.4, -0.2) is 0 Å². The molecule has 0 fully saturated rings. The SMILES string of the molecule is CC.CCC(C)C1=Cc2ccc(C)cc2CC1. The van der Waals surface area contributed by atoms with Crippen molar-refractivity contribution in [3.63, 3.8) is 0 Å². The predicted molar refractivity (Wildman–Crippen MR) is 78.3 cm³/mol. The van der Waals surface area contributed by atoms with Crippen molar-refractivity contribution in [2.75, 3.05) is 0 Å². The fourth-order valence-corrected chi connectivity index (χ4v) is 2.29. The van der Waals surface area contributed by atoms with E-state index in [2.05, 4.69) is 45.0 Å². The van der Waals surface area contributed by atoms with Crippen molar-refractivity contribution in [1.29, 1.82) is 0 Å². The fraction of sp³-hybridized carbons (Fsp3) is 0.529. The van der Waals surface area contributed by atoms with E-state index in [1.165, 1.54) is 36.0 Å². The number of benzene rings is 1. The minimum atomic E-state index is 0.749. The van der Waals surface area contributed by atoms with Gasteiger partial charge in [-0.1, -0.05) is 63.1 Å². The number of fused-ring (bicyclic) bond motifs is 1. The average molecular weight is 230 g/mol. The standard InChI is InChI=1S/C15H20.C2H6/c1-4-12(3)13-7-8-14-9-11(2)5-6-15(14)10-13;1-2/h5-6,9-10,12H,4,7-8H2,1-3H3;1-2H3. The lowest BCUT2D eigenvalue weighted by molar-refractivity contribution is 0.623. The zero-order valence-electron chi connectivity index (χ0n) is 12.0. The Morgan fingerprint density at radius 1 is 1.18 bits per heavy atom. The van der Waals surface area contributed by atoms with Gasteiger partial charge in [0.05, 0.1) is 0 Å². The highest BCUT2D eigenvalue weighted by Gasteiger charge is 2.13. The van der Waals surface area contributed by atoms with Gasteiger partial charge in [0.1, 0.15) is 0 Å². The van der Waals surface area contributed by atoms with Crippen LogP contribution in [0.5, 0.6) is 0 Å². The molecule has 1 atom stereocenters. The van der Waals surface area contributed by atoms with Crippen molar-refractivity contribution < 1.29 is 0 Å². The highest BCUT2D eigenvalue weighted by molar-refractivity contribution is 5.60. The zero-order chi connectivity index (χ0) is 12.8. The molecule has 1 aromatic rings. The third-order valence-electron chi connectivity index (χ3n) is 3.57. The summed E-state index contributed by atoms with van der Waals surface area (Å²) in [5, 5.41) is 0. The molecule has 0 radical (unpaired) electrons. The summed E-state index contributed by atoms with van der Waals surface area (Å²) >= 11 is 0. The van der Waals surface area contributed by atoms with E-state index in [1.807, 2.05) is 13.8 Å². The van der Waals surface area contributed by atoms with Gasteiger partial charge in [0, 0.05) is 0 Å². The van der Waals surface area contributed by atoms with Crippen LogP contribution in [-0.2, 0) is 6.42 Å². The van der Waals surface area contributed by atoms with E-state index in [-0.39, 0.29) is 0 Å². The summed E-state index contributed by atoms with van der Waals surface area (Å²) in [6.45, 7) is 10.8. The molecule has 0 aliphatic heterocycles. The first-order valence-electron chi connectivity index (χ1n) is 7.00. The van der Waals surface area contributed by atoms with Crippen LogP contribution in [0.2, 0.25) is 0 Å². The molecule has 0 heterocycles. The summed E-state index contributed by atoms with van der Waals surface area (Å²) in [5.74, 6) is 0.749. The Morgan fingerprint density at radius 2 is 1.88 bits per heavy atom. The van der Waals surface area contributed by atoms with Crippen molar-refractivity contribution in [3.8, 4) is 0 Å². The van der Waals surface area contributed by atoms with Crippen LogP contribution in [0.25, 0.3) is 6.08 Å². The van der Waals surface area contributed by atoms with E-state index in [4.69, 9.17) is 0 Å². The Hall–Kier alpha value is -1.04. The van der Waals surface area contributed by atoms with Gasteiger partial charge >= 0.3 is 0 Å². The fourth-order valence-electron chi connectivity index (χ4n) is 2.29. The van der Waals surface area contributed by atoms with Gasteiger partial charge in [-0.15, -0.1) is 0 Å². The first-order valence-corrected chi connectivity index (χ1v) is 7.00. The van der Waals surface area contributed by atoms with E-state index in [9.17, 15) is 0 Å². The van der Waals surface area contributed by atoms with Gasteiger partial charge in [0.25, 0.3) is 0 Å². The smallest absolute Gasteiger partial charge is 0.0225 e. The Kier molecular flexibility index (Phi) is 5.47. The lowest BCUT2D eigenvalue weighted by Gasteiger charge is -2.21. The first-order chi connectivity index (χ1) is 8.20. The zero-order valence-corrected chi connectivity index (χ0v) is 12.0. The topological polar surface area (TPSA) is 0 Å². The maximum atomic E-state index is 2.41. The van der Waals surface area contributed by atoms with Gasteiger partial charge in [-0.05, 0) is 43.2 Å². The van der Waals surface area contributed by atoms with E-state index >= 15 is 0 Å². The molecular weight excluding hydrogens is 204 g/mol.